The Balaban J connectivity index is 2.28. The van der Waals surface area contributed by atoms with Crippen LogP contribution in [0.5, 0.6) is 0 Å². The highest BCUT2D eigenvalue weighted by molar-refractivity contribution is 9.10. The van der Waals surface area contributed by atoms with Crippen LogP contribution in [0.3, 0.4) is 0 Å². The highest BCUT2D eigenvalue weighted by Gasteiger charge is 2.22. The highest BCUT2D eigenvalue weighted by atomic mass is 79.9. The van der Waals surface area contributed by atoms with Crippen molar-refractivity contribution in [3.05, 3.63) is 58.6 Å². The molecule has 2 aromatic rings. The van der Waals surface area contributed by atoms with Crippen molar-refractivity contribution in [1.82, 2.24) is 4.98 Å². The zero-order valence-electron chi connectivity index (χ0n) is 10.6. The SMILES string of the molecule is COC(=O)C(Nc1cccc(F)c1)c1ccc(Br)cn1. The van der Waals surface area contributed by atoms with Crippen LogP contribution in [0.15, 0.2) is 47.1 Å². The van der Waals surface area contributed by atoms with Gasteiger partial charge in [0.25, 0.3) is 0 Å². The molecule has 0 fully saturated rings. The van der Waals surface area contributed by atoms with E-state index in [0.717, 1.165) is 4.47 Å². The number of pyridine rings is 1. The summed E-state index contributed by atoms with van der Waals surface area (Å²) in [6, 6.07) is 8.52. The minimum absolute atomic E-state index is 0.387. The molecule has 0 spiro atoms. The molecule has 6 heteroatoms. The molecule has 104 valence electrons. The Labute approximate surface area is 124 Å². The summed E-state index contributed by atoms with van der Waals surface area (Å²) < 4.78 is 18.7. The van der Waals surface area contributed by atoms with E-state index in [4.69, 9.17) is 4.74 Å². The molecule has 4 nitrogen and oxygen atoms in total. The topological polar surface area (TPSA) is 51.2 Å². The summed E-state index contributed by atoms with van der Waals surface area (Å²) in [6.45, 7) is 0. The molecule has 0 aliphatic rings. The zero-order valence-corrected chi connectivity index (χ0v) is 12.2. The lowest BCUT2D eigenvalue weighted by Crippen LogP contribution is -2.23. The molecule has 0 saturated carbocycles. The van der Waals surface area contributed by atoms with Gasteiger partial charge >= 0.3 is 5.97 Å². The Morgan fingerprint density at radius 3 is 2.80 bits per heavy atom. The number of halogens is 2. The standard InChI is InChI=1S/C14H12BrFN2O2/c1-20-14(19)13(12-6-5-9(15)8-17-12)18-11-4-2-3-10(16)7-11/h2-8,13,18H,1H3. The number of benzene rings is 1. The number of anilines is 1. The van der Waals surface area contributed by atoms with Crippen molar-refractivity contribution >= 4 is 27.6 Å². The Bertz CT molecular complexity index is 604. The molecule has 1 atom stereocenters. The first-order valence-corrected chi connectivity index (χ1v) is 6.61. The molecule has 1 unspecified atom stereocenters. The molecule has 1 aromatic heterocycles. The van der Waals surface area contributed by atoms with Crippen molar-refractivity contribution in [3.8, 4) is 0 Å². The van der Waals surface area contributed by atoms with Crippen molar-refractivity contribution in [3.63, 3.8) is 0 Å². The molecule has 2 rings (SSSR count). The third-order valence-corrected chi connectivity index (χ3v) is 3.09. The van der Waals surface area contributed by atoms with E-state index in [9.17, 15) is 9.18 Å². The minimum Gasteiger partial charge on any atom is -0.467 e. The number of carbonyl (C=O) groups is 1. The Hall–Kier alpha value is -1.95. The van der Waals surface area contributed by atoms with Gasteiger partial charge in [-0.1, -0.05) is 6.07 Å². The lowest BCUT2D eigenvalue weighted by Gasteiger charge is -2.17. The third-order valence-electron chi connectivity index (χ3n) is 2.62. The summed E-state index contributed by atoms with van der Waals surface area (Å²) in [5, 5.41) is 2.91. The van der Waals surface area contributed by atoms with Crippen molar-refractivity contribution in [2.75, 3.05) is 12.4 Å². The van der Waals surface area contributed by atoms with Crippen LogP contribution in [0, 0.1) is 5.82 Å². The van der Waals surface area contributed by atoms with E-state index in [2.05, 4.69) is 26.2 Å². The summed E-state index contributed by atoms with van der Waals surface area (Å²) in [5.74, 6) is -0.883. The van der Waals surface area contributed by atoms with Crippen LogP contribution in [-0.4, -0.2) is 18.1 Å². The minimum atomic E-state index is -0.796. The summed E-state index contributed by atoms with van der Waals surface area (Å²) in [4.78, 5) is 16.0. The third kappa shape index (κ3) is 3.54. The first-order chi connectivity index (χ1) is 9.60. The van der Waals surface area contributed by atoms with Crippen molar-refractivity contribution in [2.45, 2.75) is 6.04 Å². The van der Waals surface area contributed by atoms with Crippen molar-refractivity contribution in [1.29, 1.82) is 0 Å². The Morgan fingerprint density at radius 1 is 1.40 bits per heavy atom. The van der Waals surface area contributed by atoms with Crippen LogP contribution in [0.25, 0.3) is 0 Å². The number of nitrogens with zero attached hydrogens (tertiary/aromatic N) is 1. The van der Waals surface area contributed by atoms with Gasteiger partial charge in [0.05, 0.1) is 12.8 Å². The van der Waals surface area contributed by atoms with Crippen LogP contribution in [-0.2, 0) is 9.53 Å². The molecule has 0 radical (unpaired) electrons. The van der Waals surface area contributed by atoms with Crippen molar-refractivity contribution < 1.29 is 13.9 Å². The molecule has 0 bridgehead atoms. The fourth-order valence-electron chi connectivity index (χ4n) is 1.67. The number of hydrogen-bond donors (Lipinski definition) is 1. The number of aromatic nitrogens is 1. The average molecular weight is 339 g/mol. The van der Waals surface area contributed by atoms with Crippen LogP contribution >= 0.6 is 15.9 Å². The maximum Gasteiger partial charge on any atom is 0.334 e. The predicted octanol–water partition coefficient (Wildman–Crippen LogP) is 3.31. The molecular weight excluding hydrogens is 327 g/mol. The van der Waals surface area contributed by atoms with E-state index in [-0.39, 0.29) is 5.82 Å². The van der Waals surface area contributed by atoms with Gasteiger partial charge in [-0.05, 0) is 46.3 Å². The maximum absolute atomic E-state index is 13.2. The second-order valence-corrected chi connectivity index (χ2v) is 4.93. The number of esters is 1. The van der Waals surface area contributed by atoms with E-state index in [0.29, 0.717) is 11.4 Å². The van der Waals surface area contributed by atoms with Gasteiger partial charge in [-0.15, -0.1) is 0 Å². The second-order valence-electron chi connectivity index (χ2n) is 4.01. The first-order valence-electron chi connectivity index (χ1n) is 5.81. The molecular formula is C14H12BrFN2O2. The predicted molar refractivity (Wildman–Crippen MR) is 76.7 cm³/mol. The largest absolute Gasteiger partial charge is 0.467 e. The molecule has 1 heterocycles. The van der Waals surface area contributed by atoms with Crippen molar-refractivity contribution in [2.24, 2.45) is 0 Å². The van der Waals surface area contributed by atoms with Crippen LogP contribution in [0.2, 0.25) is 0 Å². The summed E-state index contributed by atoms with van der Waals surface area (Å²) in [7, 11) is 1.29. The van der Waals surface area contributed by atoms with Gasteiger partial charge in [0.2, 0.25) is 0 Å². The molecule has 1 N–H and O–H groups in total. The van der Waals surface area contributed by atoms with Gasteiger partial charge < -0.3 is 10.1 Å². The summed E-state index contributed by atoms with van der Waals surface area (Å²) in [6.07, 6.45) is 1.58. The fourth-order valence-corrected chi connectivity index (χ4v) is 1.91. The molecule has 0 saturated heterocycles. The summed E-state index contributed by atoms with van der Waals surface area (Å²) in [5.41, 5.74) is 0.967. The normalized spacial score (nSPS) is 11.8. The van der Waals surface area contributed by atoms with E-state index in [1.807, 2.05) is 0 Å². The number of hydrogen-bond acceptors (Lipinski definition) is 4. The second kappa shape index (κ2) is 6.47. The molecule has 0 amide bonds. The molecule has 0 aliphatic heterocycles. The molecule has 1 aromatic carbocycles. The number of ether oxygens (including phenoxy) is 1. The van der Waals surface area contributed by atoms with E-state index in [1.165, 1.54) is 19.2 Å². The highest BCUT2D eigenvalue weighted by Crippen LogP contribution is 2.21. The number of rotatable bonds is 4. The van der Waals surface area contributed by atoms with Crippen LogP contribution in [0.4, 0.5) is 10.1 Å². The van der Waals surface area contributed by atoms with Crippen LogP contribution in [0.1, 0.15) is 11.7 Å². The zero-order chi connectivity index (χ0) is 14.5. The number of methoxy groups -OCH3 is 1. The summed E-state index contributed by atoms with van der Waals surface area (Å²) >= 11 is 3.28. The Morgan fingerprint density at radius 2 is 2.20 bits per heavy atom. The van der Waals surface area contributed by atoms with E-state index in [1.54, 1.807) is 30.5 Å². The Kier molecular flexibility index (Phi) is 4.68. The number of nitrogens with one attached hydrogen (secondary N) is 1. The van der Waals surface area contributed by atoms with Gasteiger partial charge in [0.1, 0.15) is 5.82 Å². The monoisotopic (exact) mass is 338 g/mol. The molecule has 20 heavy (non-hydrogen) atoms. The lowest BCUT2D eigenvalue weighted by atomic mass is 10.1. The maximum atomic E-state index is 13.2. The lowest BCUT2D eigenvalue weighted by molar-refractivity contribution is -0.141. The van der Waals surface area contributed by atoms with E-state index >= 15 is 0 Å². The average Bonchev–Trinajstić information content (AvgIpc) is 2.45. The smallest absolute Gasteiger partial charge is 0.334 e. The molecule has 0 aliphatic carbocycles. The quantitative estimate of drug-likeness (QED) is 0.869. The van der Waals surface area contributed by atoms with Gasteiger partial charge in [0.15, 0.2) is 6.04 Å². The van der Waals surface area contributed by atoms with Gasteiger partial charge in [-0.3, -0.25) is 4.98 Å². The number of carbonyl (C=O) groups excluding carboxylic acids is 1. The van der Waals surface area contributed by atoms with Gasteiger partial charge in [0, 0.05) is 16.4 Å². The van der Waals surface area contributed by atoms with Gasteiger partial charge in [-0.25, -0.2) is 9.18 Å². The van der Waals surface area contributed by atoms with Crippen LogP contribution < -0.4 is 5.32 Å². The first kappa shape index (κ1) is 14.5. The van der Waals surface area contributed by atoms with Gasteiger partial charge in [-0.2, -0.15) is 0 Å². The van der Waals surface area contributed by atoms with E-state index < -0.39 is 12.0 Å². The fraction of sp³-hybridized carbons (Fsp3) is 0.143.